The zero-order valence-corrected chi connectivity index (χ0v) is 12.5. The number of nitrogens with two attached hydrogens (primary N) is 1. The Labute approximate surface area is 115 Å². The van der Waals surface area contributed by atoms with E-state index in [1.807, 2.05) is 11.8 Å². The Morgan fingerprint density at radius 1 is 1.47 bits per heavy atom. The van der Waals surface area contributed by atoms with Crippen LogP contribution in [-0.2, 0) is 0 Å². The van der Waals surface area contributed by atoms with Gasteiger partial charge in [-0.25, -0.2) is 4.98 Å². The highest BCUT2D eigenvalue weighted by Gasteiger charge is 2.25. The summed E-state index contributed by atoms with van der Waals surface area (Å²) in [5.74, 6) is 2.36. The van der Waals surface area contributed by atoms with Gasteiger partial charge in [-0.1, -0.05) is 13.8 Å². The lowest BCUT2D eigenvalue weighted by Crippen LogP contribution is -2.28. The Morgan fingerprint density at radius 3 is 3.00 bits per heavy atom. The molecule has 6 heteroatoms. The minimum absolute atomic E-state index is 0.333. The summed E-state index contributed by atoms with van der Waals surface area (Å²) in [6.07, 6.45) is 2.87. The van der Waals surface area contributed by atoms with E-state index in [2.05, 4.69) is 44.6 Å². The molecule has 0 spiro atoms. The molecule has 0 radical (unpaired) electrons. The SMILES string of the molecule is CC1(C)CCN(c2nc(N)ncc2Br)CCS1. The number of hydrogen-bond donors (Lipinski definition) is 1. The molecule has 17 heavy (non-hydrogen) atoms. The van der Waals surface area contributed by atoms with E-state index in [0.717, 1.165) is 35.6 Å². The molecular formula is C11H17BrN4S. The smallest absolute Gasteiger partial charge is 0.222 e. The van der Waals surface area contributed by atoms with Crippen LogP contribution in [0.1, 0.15) is 20.3 Å². The van der Waals surface area contributed by atoms with Gasteiger partial charge in [-0.15, -0.1) is 0 Å². The predicted octanol–water partition coefficient (Wildman–Crippen LogP) is 2.54. The quantitative estimate of drug-likeness (QED) is 0.863. The average Bonchev–Trinajstić information content (AvgIpc) is 2.43. The van der Waals surface area contributed by atoms with E-state index in [4.69, 9.17) is 5.73 Å². The Morgan fingerprint density at radius 2 is 2.24 bits per heavy atom. The lowest BCUT2D eigenvalue weighted by molar-refractivity contribution is 0.634. The Hall–Kier alpha value is -0.490. The Bertz CT molecular complexity index is 410. The first kappa shape index (κ1) is 13.0. The van der Waals surface area contributed by atoms with Crippen LogP contribution in [0.25, 0.3) is 0 Å². The number of rotatable bonds is 1. The van der Waals surface area contributed by atoms with Gasteiger partial charge in [-0.05, 0) is 22.4 Å². The third-order valence-corrected chi connectivity index (χ3v) is 4.81. The summed E-state index contributed by atoms with van der Waals surface area (Å²) in [7, 11) is 0. The van der Waals surface area contributed by atoms with E-state index in [1.165, 1.54) is 0 Å². The van der Waals surface area contributed by atoms with Gasteiger partial charge in [0.2, 0.25) is 5.95 Å². The van der Waals surface area contributed by atoms with Crippen LogP contribution in [0.2, 0.25) is 0 Å². The van der Waals surface area contributed by atoms with Crippen LogP contribution in [0.4, 0.5) is 11.8 Å². The molecule has 0 aliphatic carbocycles. The van der Waals surface area contributed by atoms with Gasteiger partial charge in [0.25, 0.3) is 0 Å². The van der Waals surface area contributed by atoms with Gasteiger partial charge in [0.05, 0.1) is 4.47 Å². The molecule has 0 bridgehead atoms. The third-order valence-electron chi connectivity index (χ3n) is 2.88. The Balaban J connectivity index is 2.19. The molecule has 1 aromatic heterocycles. The van der Waals surface area contributed by atoms with Crippen molar-refractivity contribution in [1.82, 2.24) is 9.97 Å². The van der Waals surface area contributed by atoms with E-state index in [0.29, 0.717) is 10.7 Å². The molecule has 1 fully saturated rings. The van der Waals surface area contributed by atoms with Crippen LogP contribution >= 0.6 is 27.7 Å². The lowest BCUT2D eigenvalue weighted by Gasteiger charge is -2.24. The second kappa shape index (κ2) is 5.02. The topological polar surface area (TPSA) is 55.0 Å². The van der Waals surface area contributed by atoms with Crippen LogP contribution in [0.3, 0.4) is 0 Å². The molecule has 0 atom stereocenters. The van der Waals surface area contributed by atoms with Gasteiger partial charge in [0.15, 0.2) is 0 Å². The molecule has 1 aliphatic rings. The van der Waals surface area contributed by atoms with Gasteiger partial charge in [-0.3, -0.25) is 0 Å². The maximum absolute atomic E-state index is 5.65. The molecular weight excluding hydrogens is 300 g/mol. The summed E-state index contributed by atoms with van der Waals surface area (Å²) < 4.78 is 1.26. The summed E-state index contributed by atoms with van der Waals surface area (Å²) in [6.45, 7) is 6.60. The maximum atomic E-state index is 5.65. The van der Waals surface area contributed by atoms with E-state index in [-0.39, 0.29) is 0 Å². The van der Waals surface area contributed by atoms with Crippen LogP contribution < -0.4 is 10.6 Å². The highest BCUT2D eigenvalue weighted by Crippen LogP contribution is 2.33. The van der Waals surface area contributed by atoms with E-state index in [1.54, 1.807) is 6.20 Å². The molecule has 1 aliphatic heterocycles. The van der Waals surface area contributed by atoms with Gasteiger partial charge >= 0.3 is 0 Å². The number of hydrogen-bond acceptors (Lipinski definition) is 5. The molecule has 2 rings (SSSR count). The van der Waals surface area contributed by atoms with Crippen molar-refractivity contribution in [2.24, 2.45) is 0 Å². The fourth-order valence-electron chi connectivity index (χ4n) is 1.83. The summed E-state index contributed by atoms with van der Waals surface area (Å²) in [4.78, 5) is 10.6. The first-order valence-corrected chi connectivity index (χ1v) is 7.43. The zero-order valence-electron chi connectivity index (χ0n) is 10.1. The van der Waals surface area contributed by atoms with Crippen molar-refractivity contribution in [3.05, 3.63) is 10.7 Å². The second-order valence-electron chi connectivity index (χ2n) is 4.74. The minimum Gasteiger partial charge on any atom is -0.368 e. The monoisotopic (exact) mass is 316 g/mol. The number of aromatic nitrogens is 2. The van der Waals surface area contributed by atoms with Crippen molar-refractivity contribution in [3.63, 3.8) is 0 Å². The van der Waals surface area contributed by atoms with E-state index < -0.39 is 0 Å². The number of halogens is 1. The summed E-state index contributed by atoms with van der Waals surface area (Å²) >= 11 is 5.51. The van der Waals surface area contributed by atoms with Gasteiger partial charge in [0, 0.05) is 29.8 Å². The average molecular weight is 317 g/mol. The van der Waals surface area contributed by atoms with E-state index in [9.17, 15) is 0 Å². The summed E-state index contributed by atoms with van der Waals surface area (Å²) in [5, 5.41) is 0. The molecule has 94 valence electrons. The second-order valence-corrected chi connectivity index (χ2v) is 7.40. The molecule has 1 saturated heterocycles. The molecule has 0 unspecified atom stereocenters. The van der Waals surface area contributed by atoms with Crippen molar-refractivity contribution in [3.8, 4) is 0 Å². The first-order chi connectivity index (χ1) is 7.98. The number of nitrogen functional groups attached to an aromatic ring is 1. The van der Waals surface area contributed by atoms with Crippen LogP contribution in [0, 0.1) is 0 Å². The number of thioether (sulfide) groups is 1. The third kappa shape index (κ3) is 3.25. The van der Waals surface area contributed by atoms with Crippen molar-refractivity contribution < 1.29 is 0 Å². The molecule has 2 N–H and O–H groups in total. The van der Waals surface area contributed by atoms with Crippen molar-refractivity contribution in [1.29, 1.82) is 0 Å². The minimum atomic E-state index is 0.333. The lowest BCUT2D eigenvalue weighted by atomic mass is 10.1. The standard InChI is InChI=1S/C11H17BrN4S/c1-11(2)3-4-16(5-6-17-11)9-8(12)7-14-10(13)15-9/h7H,3-6H2,1-2H3,(H2,13,14,15). The van der Waals surface area contributed by atoms with Crippen molar-refractivity contribution >= 4 is 39.5 Å². The summed E-state index contributed by atoms with van der Waals surface area (Å²) in [5.41, 5.74) is 5.65. The molecule has 0 amide bonds. The zero-order chi connectivity index (χ0) is 12.5. The first-order valence-electron chi connectivity index (χ1n) is 5.65. The Kier molecular flexibility index (Phi) is 3.82. The highest BCUT2D eigenvalue weighted by molar-refractivity contribution is 9.10. The van der Waals surface area contributed by atoms with Crippen molar-refractivity contribution in [2.75, 3.05) is 29.5 Å². The fraction of sp³-hybridized carbons (Fsp3) is 0.636. The molecule has 0 aromatic carbocycles. The van der Waals surface area contributed by atoms with Crippen LogP contribution in [-0.4, -0.2) is 33.6 Å². The van der Waals surface area contributed by atoms with Crippen LogP contribution in [0.15, 0.2) is 10.7 Å². The predicted molar refractivity (Wildman–Crippen MR) is 77.5 cm³/mol. The van der Waals surface area contributed by atoms with Gasteiger partial charge in [-0.2, -0.15) is 16.7 Å². The van der Waals surface area contributed by atoms with Gasteiger partial charge in [0.1, 0.15) is 5.82 Å². The van der Waals surface area contributed by atoms with E-state index >= 15 is 0 Å². The molecule has 2 heterocycles. The largest absolute Gasteiger partial charge is 0.368 e. The van der Waals surface area contributed by atoms with Crippen LogP contribution in [0.5, 0.6) is 0 Å². The number of nitrogens with zero attached hydrogens (tertiary/aromatic N) is 3. The number of anilines is 2. The molecule has 1 aromatic rings. The van der Waals surface area contributed by atoms with Gasteiger partial charge < -0.3 is 10.6 Å². The fourth-order valence-corrected chi connectivity index (χ4v) is 3.37. The highest BCUT2D eigenvalue weighted by atomic mass is 79.9. The van der Waals surface area contributed by atoms with Crippen molar-refractivity contribution in [2.45, 2.75) is 25.0 Å². The molecule has 4 nitrogen and oxygen atoms in total. The summed E-state index contributed by atoms with van der Waals surface area (Å²) in [6, 6.07) is 0. The molecule has 0 saturated carbocycles. The maximum Gasteiger partial charge on any atom is 0.222 e. The normalized spacial score (nSPS) is 20.1.